The van der Waals surface area contributed by atoms with Gasteiger partial charge in [0.1, 0.15) is 5.17 Å². The summed E-state index contributed by atoms with van der Waals surface area (Å²) in [5.74, 6) is 0. The van der Waals surface area contributed by atoms with Crippen LogP contribution in [0.15, 0.2) is 23.2 Å². The zero-order valence-corrected chi connectivity index (χ0v) is 9.21. The van der Waals surface area contributed by atoms with E-state index in [2.05, 4.69) is 4.99 Å². The van der Waals surface area contributed by atoms with E-state index >= 15 is 0 Å². The molecule has 13 heavy (non-hydrogen) atoms. The van der Waals surface area contributed by atoms with E-state index in [4.69, 9.17) is 46.4 Å². The molecule has 1 aliphatic rings. The first-order valence-electron chi connectivity index (χ1n) is 3.44. The number of alkyl halides is 2. The van der Waals surface area contributed by atoms with Gasteiger partial charge >= 0.3 is 0 Å². The molecule has 0 radical (unpaired) electrons. The average Bonchev–Trinajstić information content (AvgIpc) is 2.23. The van der Waals surface area contributed by atoms with Gasteiger partial charge in [0.25, 0.3) is 0 Å². The van der Waals surface area contributed by atoms with Crippen molar-refractivity contribution in [2.24, 2.45) is 4.99 Å². The van der Waals surface area contributed by atoms with Crippen LogP contribution in [0.5, 0.6) is 0 Å². The molecule has 0 atom stereocenters. The second-order valence-electron chi connectivity index (χ2n) is 2.63. The van der Waals surface area contributed by atoms with Gasteiger partial charge in [-0.2, -0.15) is 0 Å². The van der Waals surface area contributed by atoms with Gasteiger partial charge in [-0.1, -0.05) is 46.4 Å². The monoisotopic (exact) mass is 253 g/mol. The molecule has 1 heterocycles. The van der Waals surface area contributed by atoms with Crippen molar-refractivity contribution in [1.82, 2.24) is 0 Å². The number of benzene rings is 1. The second kappa shape index (κ2) is 3.03. The third kappa shape index (κ3) is 1.55. The highest BCUT2D eigenvalue weighted by Gasteiger charge is 2.35. The van der Waals surface area contributed by atoms with Crippen LogP contribution in [0.1, 0.15) is 11.1 Å². The lowest BCUT2D eigenvalue weighted by Crippen LogP contribution is -2.02. The summed E-state index contributed by atoms with van der Waals surface area (Å²) >= 11 is 23.4. The van der Waals surface area contributed by atoms with Gasteiger partial charge in [-0.15, -0.1) is 0 Å². The Hall–Kier alpha value is 0.0500. The third-order valence-corrected chi connectivity index (χ3v) is 2.87. The zero-order valence-electron chi connectivity index (χ0n) is 6.19. The number of nitrogens with zero attached hydrogens (tertiary/aromatic N) is 1. The minimum absolute atomic E-state index is 0.316. The van der Waals surface area contributed by atoms with E-state index < -0.39 is 4.46 Å². The Morgan fingerprint density at radius 2 is 1.85 bits per heavy atom. The summed E-state index contributed by atoms with van der Waals surface area (Å²) in [7, 11) is 0. The lowest BCUT2D eigenvalue weighted by Gasteiger charge is -2.10. The highest BCUT2D eigenvalue weighted by molar-refractivity contribution is 6.71. The summed E-state index contributed by atoms with van der Waals surface area (Å²) in [6, 6.07) is 5.12. The molecule has 0 spiro atoms. The van der Waals surface area contributed by atoms with Crippen LogP contribution in [0, 0.1) is 0 Å². The zero-order chi connectivity index (χ0) is 9.64. The predicted octanol–water partition coefficient (Wildman–Crippen LogP) is 3.93. The van der Waals surface area contributed by atoms with E-state index in [0.29, 0.717) is 15.8 Å². The van der Waals surface area contributed by atoms with Crippen LogP contribution in [0.3, 0.4) is 0 Å². The maximum atomic E-state index is 5.90. The maximum Gasteiger partial charge on any atom is 0.235 e. The van der Waals surface area contributed by atoms with Crippen molar-refractivity contribution in [1.29, 1.82) is 0 Å². The quantitative estimate of drug-likeness (QED) is 0.492. The molecule has 0 bridgehead atoms. The van der Waals surface area contributed by atoms with Crippen LogP contribution in [-0.2, 0) is 4.46 Å². The van der Waals surface area contributed by atoms with Crippen LogP contribution >= 0.6 is 46.4 Å². The van der Waals surface area contributed by atoms with E-state index in [0.717, 1.165) is 5.56 Å². The molecule has 0 N–H and O–H groups in total. The third-order valence-electron chi connectivity index (χ3n) is 1.77. The molecule has 1 aliphatic heterocycles. The van der Waals surface area contributed by atoms with Crippen LogP contribution in [0.4, 0.5) is 0 Å². The van der Waals surface area contributed by atoms with E-state index in [1.165, 1.54) is 0 Å². The lowest BCUT2D eigenvalue weighted by molar-refractivity contribution is 0.949. The predicted molar refractivity (Wildman–Crippen MR) is 57.2 cm³/mol. The summed E-state index contributed by atoms with van der Waals surface area (Å²) in [6.45, 7) is 0. The van der Waals surface area contributed by atoms with Gasteiger partial charge in [-0.05, 0) is 18.2 Å². The van der Waals surface area contributed by atoms with Crippen LogP contribution in [0.2, 0.25) is 5.02 Å². The number of aliphatic imine (C=N–C) groups is 1. The molecule has 5 heteroatoms. The fraction of sp³-hybridized carbons (Fsp3) is 0.125. The second-order valence-corrected chi connectivity index (χ2v) is 4.72. The molecular formula is C8H3Cl4N. The van der Waals surface area contributed by atoms with Gasteiger partial charge in [-0.3, -0.25) is 0 Å². The standard InChI is InChI=1S/C8H3Cl4N/c9-4-1-2-5-6(3-4)8(11,12)13-7(5)10/h1-3H. The van der Waals surface area contributed by atoms with E-state index in [1.54, 1.807) is 18.2 Å². The minimum atomic E-state index is -1.29. The molecule has 0 aromatic heterocycles. The number of hydrogen-bond acceptors (Lipinski definition) is 1. The van der Waals surface area contributed by atoms with Gasteiger partial charge in [0.05, 0.1) is 0 Å². The van der Waals surface area contributed by atoms with Crippen LogP contribution < -0.4 is 0 Å². The summed E-state index contributed by atoms with van der Waals surface area (Å²) in [4.78, 5) is 3.88. The van der Waals surface area contributed by atoms with Crippen molar-refractivity contribution in [3.05, 3.63) is 34.3 Å². The highest BCUT2D eigenvalue weighted by atomic mass is 35.5. The molecular weight excluding hydrogens is 252 g/mol. The first-order chi connectivity index (χ1) is 6.00. The van der Waals surface area contributed by atoms with Gasteiger partial charge < -0.3 is 0 Å². The molecule has 0 amide bonds. The lowest BCUT2D eigenvalue weighted by atomic mass is 10.1. The Labute approximate surface area is 95.3 Å². The van der Waals surface area contributed by atoms with E-state index in [-0.39, 0.29) is 0 Å². The number of fused-ring (bicyclic) bond motifs is 1. The van der Waals surface area contributed by atoms with Crippen LogP contribution in [-0.4, -0.2) is 5.17 Å². The fourth-order valence-electron chi connectivity index (χ4n) is 1.19. The van der Waals surface area contributed by atoms with Crippen molar-refractivity contribution in [2.45, 2.75) is 4.46 Å². The van der Waals surface area contributed by atoms with Crippen LogP contribution in [0.25, 0.3) is 0 Å². The average molecular weight is 255 g/mol. The summed E-state index contributed by atoms with van der Waals surface area (Å²) in [5.41, 5.74) is 1.37. The fourth-order valence-corrected chi connectivity index (χ4v) is 2.22. The number of hydrogen-bond donors (Lipinski definition) is 0. The molecule has 1 aromatic rings. The molecule has 1 nitrogen and oxygen atoms in total. The molecule has 2 rings (SSSR count). The van der Waals surface area contributed by atoms with E-state index in [1.807, 2.05) is 0 Å². The SMILES string of the molecule is ClC1=NC(Cl)(Cl)c2cc(Cl)ccc21. The minimum Gasteiger partial charge on any atom is -0.229 e. The molecule has 0 saturated heterocycles. The Morgan fingerprint density at radius 3 is 2.54 bits per heavy atom. The molecule has 1 aromatic carbocycles. The Bertz CT molecular complexity index is 397. The summed E-state index contributed by atoms with van der Waals surface area (Å²) in [6.07, 6.45) is 0. The van der Waals surface area contributed by atoms with Gasteiger partial charge in [0, 0.05) is 16.1 Å². The van der Waals surface area contributed by atoms with Crippen molar-refractivity contribution in [3.8, 4) is 0 Å². The Balaban J connectivity index is 2.68. The van der Waals surface area contributed by atoms with Gasteiger partial charge in [0.2, 0.25) is 4.46 Å². The molecule has 0 saturated carbocycles. The highest BCUT2D eigenvalue weighted by Crippen LogP contribution is 2.44. The van der Waals surface area contributed by atoms with E-state index in [9.17, 15) is 0 Å². The van der Waals surface area contributed by atoms with Gasteiger partial charge in [-0.25, -0.2) is 4.99 Å². The number of rotatable bonds is 0. The smallest absolute Gasteiger partial charge is 0.229 e. The molecule has 0 aliphatic carbocycles. The van der Waals surface area contributed by atoms with Crippen molar-refractivity contribution in [2.75, 3.05) is 0 Å². The summed E-state index contributed by atoms with van der Waals surface area (Å²) in [5, 5.41) is 0.877. The van der Waals surface area contributed by atoms with Crippen molar-refractivity contribution >= 4 is 51.6 Å². The largest absolute Gasteiger partial charge is 0.235 e. The Morgan fingerprint density at radius 1 is 1.15 bits per heavy atom. The summed E-state index contributed by atoms with van der Waals surface area (Å²) < 4.78 is -1.29. The van der Waals surface area contributed by atoms with Crippen molar-refractivity contribution < 1.29 is 0 Å². The topological polar surface area (TPSA) is 12.4 Å². The maximum absolute atomic E-state index is 5.90. The molecule has 68 valence electrons. The molecule has 0 unspecified atom stereocenters. The van der Waals surface area contributed by atoms with Gasteiger partial charge in [0.15, 0.2) is 0 Å². The molecule has 0 fully saturated rings. The number of halogens is 4. The normalized spacial score (nSPS) is 18.3. The van der Waals surface area contributed by atoms with Crippen molar-refractivity contribution in [3.63, 3.8) is 0 Å². The Kier molecular flexibility index (Phi) is 2.23. The first kappa shape index (κ1) is 9.60. The first-order valence-corrected chi connectivity index (χ1v) is 4.95.